The van der Waals surface area contributed by atoms with Crippen molar-refractivity contribution in [3.05, 3.63) is 10.4 Å². The average Bonchev–Trinajstić information content (AvgIpc) is 2.99. The first kappa shape index (κ1) is 18.0. The number of unbranched alkanes of at least 4 members (excludes halogenated alkanes) is 5. The van der Waals surface area contributed by atoms with Crippen LogP contribution in [-0.2, 0) is 12.8 Å². The molecular weight excluding hydrogens is 334 g/mol. The molecule has 0 bridgehead atoms. The van der Waals surface area contributed by atoms with E-state index in [0.717, 1.165) is 17.5 Å². The lowest BCUT2D eigenvalue weighted by molar-refractivity contribution is 0.616. The van der Waals surface area contributed by atoms with Gasteiger partial charge < -0.3 is 5.32 Å². The molecule has 24 heavy (non-hydrogen) atoms. The number of anilines is 1. The summed E-state index contributed by atoms with van der Waals surface area (Å²) in [5.74, 6) is 1.08. The molecule has 0 fully saturated rings. The van der Waals surface area contributed by atoms with Crippen LogP contribution in [0.25, 0.3) is 10.2 Å². The average molecular weight is 364 g/mol. The van der Waals surface area contributed by atoms with Gasteiger partial charge >= 0.3 is 0 Å². The number of fused-ring (bicyclic) bond motifs is 3. The van der Waals surface area contributed by atoms with Crippen LogP contribution in [0.15, 0.2) is 5.16 Å². The molecule has 2 aromatic rings. The van der Waals surface area contributed by atoms with Crippen LogP contribution in [0.1, 0.15) is 68.7 Å². The standard InChI is InChI=1S/C19H29N3S2/c1-3-4-5-6-7-10-13-20-17-16-14-11-8-9-12-15(14)24-18(16)22-19(21-17)23-2/h3-13H2,1-2H3,(H,20,21,22). The second-order valence-corrected chi connectivity index (χ2v) is 8.50. The summed E-state index contributed by atoms with van der Waals surface area (Å²) in [6.07, 6.45) is 15.1. The summed E-state index contributed by atoms with van der Waals surface area (Å²) >= 11 is 3.53. The van der Waals surface area contributed by atoms with Gasteiger partial charge in [0.2, 0.25) is 0 Å². The summed E-state index contributed by atoms with van der Waals surface area (Å²) in [7, 11) is 0. The van der Waals surface area contributed by atoms with Crippen molar-refractivity contribution >= 4 is 39.1 Å². The topological polar surface area (TPSA) is 37.8 Å². The first-order chi connectivity index (χ1) is 11.8. The minimum Gasteiger partial charge on any atom is -0.369 e. The smallest absolute Gasteiger partial charge is 0.190 e. The Labute approximate surface area is 154 Å². The molecule has 5 heteroatoms. The van der Waals surface area contributed by atoms with Crippen molar-refractivity contribution in [1.29, 1.82) is 0 Å². The highest BCUT2D eigenvalue weighted by atomic mass is 32.2. The molecular formula is C19H29N3S2. The maximum Gasteiger partial charge on any atom is 0.190 e. The first-order valence-corrected chi connectivity index (χ1v) is 11.5. The van der Waals surface area contributed by atoms with Gasteiger partial charge in [-0.3, -0.25) is 0 Å². The van der Waals surface area contributed by atoms with E-state index < -0.39 is 0 Å². The van der Waals surface area contributed by atoms with Crippen LogP contribution < -0.4 is 5.32 Å². The van der Waals surface area contributed by atoms with Gasteiger partial charge in [0, 0.05) is 11.4 Å². The lowest BCUT2D eigenvalue weighted by Gasteiger charge is -2.13. The molecule has 3 nitrogen and oxygen atoms in total. The summed E-state index contributed by atoms with van der Waals surface area (Å²) in [6.45, 7) is 3.30. The lowest BCUT2D eigenvalue weighted by Crippen LogP contribution is -2.06. The molecule has 0 amide bonds. The number of thiophene rings is 1. The van der Waals surface area contributed by atoms with E-state index >= 15 is 0 Å². The fraction of sp³-hybridized carbons (Fsp3) is 0.684. The normalized spacial score (nSPS) is 14.1. The summed E-state index contributed by atoms with van der Waals surface area (Å²) in [5.41, 5.74) is 1.53. The van der Waals surface area contributed by atoms with Crippen LogP contribution in [0.5, 0.6) is 0 Å². The van der Waals surface area contributed by atoms with Crippen molar-refractivity contribution in [3.8, 4) is 0 Å². The number of hydrogen-bond acceptors (Lipinski definition) is 5. The Bertz CT molecular complexity index is 666. The third-order valence-corrected chi connectivity index (χ3v) is 6.53. The predicted molar refractivity (Wildman–Crippen MR) is 108 cm³/mol. The van der Waals surface area contributed by atoms with E-state index in [9.17, 15) is 0 Å². The van der Waals surface area contributed by atoms with E-state index in [1.165, 1.54) is 80.0 Å². The van der Waals surface area contributed by atoms with Gasteiger partial charge in [-0.25, -0.2) is 9.97 Å². The molecule has 0 unspecified atom stereocenters. The molecule has 132 valence electrons. The van der Waals surface area contributed by atoms with Crippen molar-refractivity contribution < 1.29 is 0 Å². The van der Waals surface area contributed by atoms with Crippen molar-refractivity contribution in [2.24, 2.45) is 0 Å². The summed E-state index contributed by atoms with van der Waals surface area (Å²) in [5, 5.41) is 5.84. The number of nitrogens with one attached hydrogen (secondary N) is 1. The molecule has 0 spiro atoms. The van der Waals surface area contributed by atoms with Gasteiger partial charge in [-0.1, -0.05) is 50.8 Å². The van der Waals surface area contributed by atoms with Gasteiger partial charge in [-0.15, -0.1) is 11.3 Å². The number of thioether (sulfide) groups is 1. The van der Waals surface area contributed by atoms with Crippen LogP contribution in [0.4, 0.5) is 5.82 Å². The van der Waals surface area contributed by atoms with Crippen LogP contribution >= 0.6 is 23.1 Å². The fourth-order valence-electron chi connectivity index (χ4n) is 3.47. The molecule has 0 saturated heterocycles. The van der Waals surface area contributed by atoms with Gasteiger partial charge in [-0.05, 0) is 43.9 Å². The van der Waals surface area contributed by atoms with Gasteiger partial charge in [0.1, 0.15) is 10.6 Å². The monoisotopic (exact) mass is 363 g/mol. The third kappa shape index (κ3) is 4.23. The molecule has 1 aliphatic carbocycles. The van der Waals surface area contributed by atoms with E-state index in [-0.39, 0.29) is 0 Å². The van der Waals surface area contributed by atoms with Crippen molar-refractivity contribution in [2.45, 2.75) is 76.3 Å². The molecule has 0 radical (unpaired) electrons. The van der Waals surface area contributed by atoms with Crippen LogP contribution in [-0.4, -0.2) is 22.8 Å². The predicted octanol–water partition coefficient (Wildman–Crippen LogP) is 6.06. The van der Waals surface area contributed by atoms with Crippen LogP contribution in [0.2, 0.25) is 0 Å². The number of aromatic nitrogens is 2. The Morgan fingerprint density at radius 2 is 1.83 bits per heavy atom. The highest BCUT2D eigenvalue weighted by Gasteiger charge is 2.20. The first-order valence-electron chi connectivity index (χ1n) is 9.43. The van der Waals surface area contributed by atoms with E-state index in [2.05, 4.69) is 18.5 Å². The second kappa shape index (κ2) is 9.04. The van der Waals surface area contributed by atoms with E-state index in [0.29, 0.717) is 0 Å². The highest BCUT2D eigenvalue weighted by molar-refractivity contribution is 7.98. The number of aryl methyl sites for hydroxylation is 2. The third-order valence-electron chi connectivity index (χ3n) is 4.80. The largest absolute Gasteiger partial charge is 0.369 e. The molecule has 1 aliphatic rings. The summed E-state index contributed by atoms with van der Waals surface area (Å²) < 4.78 is 0. The maximum atomic E-state index is 4.79. The summed E-state index contributed by atoms with van der Waals surface area (Å²) in [4.78, 5) is 12.3. The van der Waals surface area contributed by atoms with E-state index in [1.54, 1.807) is 16.6 Å². The number of nitrogens with zero attached hydrogens (tertiary/aromatic N) is 2. The quantitative estimate of drug-likeness (QED) is 0.333. The Morgan fingerprint density at radius 3 is 2.67 bits per heavy atom. The highest BCUT2D eigenvalue weighted by Crippen LogP contribution is 2.39. The molecule has 0 saturated carbocycles. The molecule has 0 atom stereocenters. The minimum absolute atomic E-state index is 0.895. The number of rotatable bonds is 9. The summed E-state index contributed by atoms with van der Waals surface area (Å²) in [6, 6.07) is 0. The molecule has 2 aromatic heterocycles. The molecule has 0 aliphatic heterocycles. The van der Waals surface area contributed by atoms with Gasteiger partial charge in [0.25, 0.3) is 0 Å². The van der Waals surface area contributed by atoms with Crippen LogP contribution in [0.3, 0.4) is 0 Å². The minimum atomic E-state index is 0.895. The Morgan fingerprint density at radius 1 is 1.04 bits per heavy atom. The van der Waals surface area contributed by atoms with Gasteiger partial charge in [-0.2, -0.15) is 0 Å². The Kier molecular flexibility index (Phi) is 6.78. The van der Waals surface area contributed by atoms with E-state index in [4.69, 9.17) is 9.97 Å². The zero-order valence-electron chi connectivity index (χ0n) is 15.0. The zero-order chi connectivity index (χ0) is 16.8. The van der Waals surface area contributed by atoms with Gasteiger partial charge in [0.15, 0.2) is 5.16 Å². The Hall–Kier alpha value is -0.810. The molecule has 2 heterocycles. The lowest BCUT2D eigenvalue weighted by atomic mass is 9.97. The maximum absolute atomic E-state index is 4.79. The van der Waals surface area contributed by atoms with E-state index in [1.807, 2.05) is 11.3 Å². The van der Waals surface area contributed by atoms with Gasteiger partial charge in [0.05, 0.1) is 5.39 Å². The zero-order valence-corrected chi connectivity index (χ0v) is 16.6. The fourth-order valence-corrected chi connectivity index (χ4v) is 5.15. The van der Waals surface area contributed by atoms with Crippen molar-refractivity contribution in [3.63, 3.8) is 0 Å². The van der Waals surface area contributed by atoms with Crippen molar-refractivity contribution in [1.82, 2.24) is 9.97 Å². The van der Waals surface area contributed by atoms with Crippen LogP contribution in [0, 0.1) is 0 Å². The molecule has 1 N–H and O–H groups in total. The second-order valence-electron chi connectivity index (χ2n) is 6.64. The SMILES string of the molecule is CCCCCCCCNc1nc(SC)nc2sc3c(c12)CCCC3. The molecule has 3 rings (SSSR count). The molecule has 0 aromatic carbocycles. The van der Waals surface area contributed by atoms with Crippen molar-refractivity contribution in [2.75, 3.05) is 18.1 Å². The number of hydrogen-bond donors (Lipinski definition) is 1. The Balaban J connectivity index is 1.70.